The van der Waals surface area contributed by atoms with E-state index in [0.29, 0.717) is 5.39 Å². The summed E-state index contributed by atoms with van der Waals surface area (Å²) in [5.41, 5.74) is 2.63. The zero-order valence-electron chi connectivity index (χ0n) is 12.2. The Morgan fingerprint density at radius 2 is 1.77 bits per heavy atom. The molecule has 0 saturated carbocycles. The molecular weight excluding hydrogens is 276 g/mol. The van der Waals surface area contributed by atoms with Crippen LogP contribution in [0.2, 0.25) is 0 Å². The van der Waals surface area contributed by atoms with Crippen LogP contribution in [-0.2, 0) is 11.3 Å². The Hall–Kier alpha value is -2.88. The first-order valence-electron chi connectivity index (χ1n) is 7.08. The van der Waals surface area contributed by atoms with Gasteiger partial charge in [0.1, 0.15) is 6.54 Å². The molecule has 0 fully saturated rings. The van der Waals surface area contributed by atoms with Gasteiger partial charge in [-0.1, -0.05) is 29.8 Å². The molecule has 3 aromatic rings. The topological polar surface area (TPSA) is 51.1 Å². The largest absolute Gasteiger partial charge is 0.338 e. The van der Waals surface area contributed by atoms with Crippen molar-refractivity contribution in [3.05, 3.63) is 76.6 Å². The maximum Gasteiger partial charge on any atom is 0.244 e. The number of rotatable bonds is 3. The Morgan fingerprint density at radius 3 is 2.55 bits per heavy atom. The third-order valence-corrected chi connectivity index (χ3v) is 3.53. The van der Waals surface area contributed by atoms with Crippen molar-refractivity contribution in [1.29, 1.82) is 0 Å². The zero-order valence-corrected chi connectivity index (χ0v) is 12.2. The molecule has 0 bridgehead atoms. The molecule has 0 atom stereocenters. The average Bonchev–Trinajstić information content (AvgIpc) is 2.53. The van der Waals surface area contributed by atoms with E-state index in [4.69, 9.17) is 0 Å². The minimum absolute atomic E-state index is 0.0363. The summed E-state index contributed by atoms with van der Waals surface area (Å²) in [5, 5.41) is 3.48. The van der Waals surface area contributed by atoms with E-state index in [1.54, 1.807) is 16.8 Å². The number of pyridine rings is 1. The molecular formula is C18H16N2O2. The van der Waals surface area contributed by atoms with Crippen LogP contribution in [0.1, 0.15) is 5.56 Å². The van der Waals surface area contributed by atoms with Crippen LogP contribution in [0.4, 0.5) is 5.69 Å². The van der Waals surface area contributed by atoms with Gasteiger partial charge in [-0.3, -0.25) is 9.59 Å². The molecule has 0 spiro atoms. The Bertz CT molecular complexity index is 879. The summed E-state index contributed by atoms with van der Waals surface area (Å²) in [6, 6.07) is 16.4. The standard InChI is InChI=1S/C18H16N2O2/c1-13-6-8-14(9-7-13)19-18(22)12-20-11-10-17(21)15-4-2-3-5-16(15)20/h2-11H,12H2,1H3,(H,19,22). The number of amides is 1. The maximum atomic E-state index is 12.2. The van der Waals surface area contributed by atoms with E-state index >= 15 is 0 Å². The molecule has 0 unspecified atom stereocenters. The van der Waals surface area contributed by atoms with E-state index in [1.807, 2.05) is 49.4 Å². The lowest BCUT2D eigenvalue weighted by atomic mass is 10.2. The van der Waals surface area contributed by atoms with Crippen molar-refractivity contribution in [1.82, 2.24) is 4.57 Å². The summed E-state index contributed by atoms with van der Waals surface area (Å²) >= 11 is 0. The van der Waals surface area contributed by atoms with Crippen LogP contribution in [0, 0.1) is 6.92 Å². The van der Waals surface area contributed by atoms with Gasteiger partial charge >= 0.3 is 0 Å². The molecule has 1 N–H and O–H groups in total. The monoisotopic (exact) mass is 292 g/mol. The second kappa shape index (κ2) is 5.85. The van der Waals surface area contributed by atoms with E-state index < -0.39 is 0 Å². The lowest BCUT2D eigenvalue weighted by Crippen LogP contribution is -2.20. The van der Waals surface area contributed by atoms with Crippen LogP contribution in [0.3, 0.4) is 0 Å². The highest BCUT2D eigenvalue weighted by Gasteiger charge is 2.07. The molecule has 3 rings (SSSR count). The number of nitrogens with zero attached hydrogens (tertiary/aromatic N) is 1. The summed E-state index contributed by atoms with van der Waals surface area (Å²) in [7, 11) is 0. The fourth-order valence-corrected chi connectivity index (χ4v) is 2.39. The summed E-state index contributed by atoms with van der Waals surface area (Å²) in [5.74, 6) is -0.127. The van der Waals surface area contributed by atoms with Crippen LogP contribution < -0.4 is 10.7 Å². The number of aromatic nitrogens is 1. The number of hydrogen-bond donors (Lipinski definition) is 1. The van der Waals surface area contributed by atoms with E-state index in [9.17, 15) is 9.59 Å². The fourth-order valence-electron chi connectivity index (χ4n) is 2.39. The number of para-hydroxylation sites is 1. The number of aryl methyl sites for hydroxylation is 1. The molecule has 1 aromatic heterocycles. The molecule has 4 heteroatoms. The maximum absolute atomic E-state index is 12.2. The molecule has 2 aromatic carbocycles. The van der Waals surface area contributed by atoms with Gasteiger partial charge in [0.25, 0.3) is 0 Å². The average molecular weight is 292 g/mol. The predicted molar refractivity (Wildman–Crippen MR) is 88.0 cm³/mol. The third-order valence-electron chi connectivity index (χ3n) is 3.53. The first-order chi connectivity index (χ1) is 10.6. The van der Waals surface area contributed by atoms with Gasteiger partial charge < -0.3 is 9.88 Å². The first-order valence-corrected chi connectivity index (χ1v) is 7.08. The van der Waals surface area contributed by atoms with Gasteiger partial charge in [0.15, 0.2) is 5.43 Å². The summed E-state index contributed by atoms with van der Waals surface area (Å²) in [6.07, 6.45) is 1.65. The molecule has 22 heavy (non-hydrogen) atoms. The number of hydrogen-bond acceptors (Lipinski definition) is 2. The molecule has 0 aliphatic heterocycles. The Kier molecular flexibility index (Phi) is 3.74. The van der Waals surface area contributed by atoms with Gasteiger partial charge in [0.2, 0.25) is 5.91 Å². The van der Waals surface area contributed by atoms with Gasteiger partial charge in [0.05, 0.1) is 5.52 Å². The van der Waals surface area contributed by atoms with E-state index in [0.717, 1.165) is 16.8 Å². The molecule has 1 heterocycles. The van der Waals surface area contributed by atoms with Crippen molar-refractivity contribution in [2.75, 3.05) is 5.32 Å². The molecule has 1 amide bonds. The highest BCUT2D eigenvalue weighted by Crippen LogP contribution is 2.11. The van der Waals surface area contributed by atoms with Crippen molar-refractivity contribution >= 4 is 22.5 Å². The fraction of sp³-hybridized carbons (Fsp3) is 0.111. The van der Waals surface area contributed by atoms with Crippen molar-refractivity contribution < 1.29 is 4.79 Å². The molecule has 0 radical (unpaired) electrons. The van der Waals surface area contributed by atoms with Crippen LogP contribution in [0.5, 0.6) is 0 Å². The third kappa shape index (κ3) is 2.91. The minimum Gasteiger partial charge on any atom is -0.338 e. The Labute approximate surface area is 128 Å². The summed E-state index contributed by atoms with van der Waals surface area (Å²) in [6.45, 7) is 2.16. The van der Waals surface area contributed by atoms with Crippen molar-refractivity contribution in [2.45, 2.75) is 13.5 Å². The smallest absolute Gasteiger partial charge is 0.244 e. The quantitative estimate of drug-likeness (QED) is 0.807. The number of carbonyl (C=O) groups excluding carboxylic acids is 1. The molecule has 0 aliphatic rings. The van der Waals surface area contributed by atoms with Gasteiger partial charge in [-0.25, -0.2) is 0 Å². The lowest BCUT2D eigenvalue weighted by Gasteiger charge is -2.11. The zero-order chi connectivity index (χ0) is 15.5. The van der Waals surface area contributed by atoms with E-state index in [1.165, 1.54) is 6.07 Å². The Balaban J connectivity index is 1.84. The molecule has 110 valence electrons. The molecule has 0 aliphatic carbocycles. The van der Waals surface area contributed by atoms with Gasteiger partial charge in [0, 0.05) is 23.3 Å². The number of benzene rings is 2. The van der Waals surface area contributed by atoms with Crippen LogP contribution in [0.15, 0.2) is 65.6 Å². The van der Waals surface area contributed by atoms with Gasteiger partial charge in [-0.15, -0.1) is 0 Å². The highest BCUT2D eigenvalue weighted by atomic mass is 16.2. The normalized spacial score (nSPS) is 10.6. The molecule has 0 saturated heterocycles. The minimum atomic E-state index is -0.127. The van der Waals surface area contributed by atoms with Crippen molar-refractivity contribution in [3.63, 3.8) is 0 Å². The van der Waals surface area contributed by atoms with Crippen molar-refractivity contribution in [3.8, 4) is 0 Å². The van der Waals surface area contributed by atoms with Crippen LogP contribution in [0.25, 0.3) is 10.9 Å². The SMILES string of the molecule is Cc1ccc(NC(=O)Cn2ccc(=O)c3ccccc32)cc1. The second-order valence-electron chi connectivity index (χ2n) is 5.24. The number of carbonyl (C=O) groups is 1. The Morgan fingerprint density at radius 1 is 1.05 bits per heavy atom. The number of fused-ring (bicyclic) bond motifs is 1. The first kappa shape index (κ1) is 14.1. The molecule has 4 nitrogen and oxygen atoms in total. The highest BCUT2D eigenvalue weighted by molar-refractivity contribution is 5.91. The predicted octanol–water partition coefficient (Wildman–Crippen LogP) is 2.95. The van der Waals surface area contributed by atoms with Crippen LogP contribution in [-0.4, -0.2) is 10.5 Å². The van der Waals surface area contributed by atoms with Gasteiger partial charge in [-0.05, 0) is 31.2 Å². The summed E-state index contributed by atoms with van der Waals surface area (Å²) in [4.78, 5) is 24.0. The number of anilines is 1. The van der Waals surface area contributed by atoms with E-state index in [-0.39, 0.29) is 17.9 Å². The van der Waals surface area contributed by atoms with Gasteiger partial charge in [-0.2, -0.15) is 0 Å². The summed E-state index contributed by atoms with van der Waals surface area (Å²) < 4.78 is 1.78. The van der Waals surface area contributed by atoms with Crippen molar-refractivity contribution in [2.24, 2.45) is 0 Å². The number of nitrogens with one attached hydrogen (secondary N) is 1. The van der Waals surface area contributed by atoms with E-state index in [2.05, 4.69) is 5.32 Å². The lowest BCUT2D eigenvalue weighted by molar-refractivity contribution is -0.116. The van der Waals surface area contributed by atoms with Crippen LogP contribution >= 0.6 is 0 Å². The second-order valence-corrected chi connectivity index (χ2v) is 5.24.